The van der Waals surface area contributed by atoms with E-state index in [4.69, 9.17) is 5.11 Å². The highest BCUT2D eigenvalue weighted by Gasteiger charge is 2.35. The van der Waals surface area contributed by atoms with Crippen LogP contribution in [-0.4, -0.2) is 37.2 Å². The van der Waals surface area contributed by atoms with E-state index < -0.39 is 27.8 Å². The molecule has 0 aromatic rings. The van der Waals surface area contributed by atoms with Crippen molar-refractivity contribution in [3.05, 3.63) is 11.5 Å². The van der Waals surface area contributed by atoms with Crippen LogP contribution in [0.15, 0.2) is 11.5 Å². The van der Waals surface area contributed by atoms with E-state index in [-0.39, 0.29) is 17.6 Å². The van der Waals surface area contributed by atoms with Crippen LogP contribution >= 0.6 is 0 Å². The Labute approximate surface area is 105 Å². The number of amides is 1. The molecule has 1 heterocycles. The number of carboxylic acid groups (broad SMARTS) is 1. The average Bonchev–Trinajstić information content (AvgIpc) is 2.85. The summed E-state index contributed by atoms with van der Waals surface area (Å²) in [5.74, 6) is -1.99. The number of aliphatic carboxylic acids is 1. The van der Waals surface area contributed by atoms with Crippen LogP contribution in [0.4, 0.5) is 0 Å². The Morgan fingerprint density at radius 3 is 2.39 bits per heavy atom. The van der Waals surface area contributed by atoms with Gasteiger partial charge < -0.3 is 10.4 Å². The summed E-state index contributed by atoms with van der Waals surface area (Å²) in [5.41, 5.74) is 0. The first kappa shape index (κ1) is 13.1. The number of rotatable bonds is 3. The van der Waals surface area contributed by atoms with Crippen LogP contribution in [0.5, 0.6) is 0 Å². The molecule has 0 saturated heterocycles. The summed E-state index contributed by atoms with van der Waals surface area (Å²) >= 11 is 0. The first-order valence-electron chi connectivity index (χ1n) is 5.81. The number of sulfone groups is 1. The third-order valence-electron chi connectivity index (χ3n) is 3.41. The molecule has 1 amide bonds. The second-order valence-electron chi connectivity index (χ2n) is 4.82. The molecule has 1 aliphatic heterocycles. The number of hydrogen-bond donors (Lipinski definition) is 2. The number of carboxylic acids is 1. The minimum absolute atomic E-state index is 0.103. The van der Waals surface area contributed by atoms with Crippen LogP contribution in [0.2, 0.25) is 0 Å². The molecule has 100 valence electrons. The fraction of sp³-hybridized carbons (Fsp3) is 0.636. The zero-order chi connectivity index (χ0) is 13.3. The zero-order valence-electron chi connectivity index (χ0n) is 9.70. The molecule has 7 heteroatoms. The minimum Gasteiger partial charge on any atom is -0.481 e. The Bertz CT molecular complexity index is 496. The van der Waals surface area contributed by atoms with E-state index in [9.17, 15) is 18.0 Å². The van der Waals surface area contributed by atoms with E-state index in [0.29, 0.717) is 19.3 Å². The highest BCUT2D eigenvalue weighted by atomic mass is 32.2. The van der Waals surface area contributed by atoms with E-state index >= 15 is 0 Å². The molecule has 0 spiro atoms. The van der Waals surface area contributed by atoms with Crippen LogP contribution < -0.4 is 5.32 Å². The maximum atomic E-state index is 11.8. The van der Waals surface area contributed by atoms with E-state index in [1.807, 2.05) is 0 Å². The van der Waals surface area contributed by atoms with Crippen molar-refractivity contribution in [3.8, 4) is 0 Å². The van der Waals surface area contributed by atoms with E-state index in [0.717, 1.165) is 5.41 Å². The molecule has 1 unspecified atom stereocenters. The Kier molecular flexibility index (Phi) is 3.43. The van der Waals surface area contributed by atoms with Gasteiger partial charge in [-0.15, -0.1) is 0 Å². The van der Waals surface area contributed by atoms with Gasteiger partial charge in [0.05, 0.1) is 17.7 Å². The highest BCUT2D eigenvalue weighted by Crippen LogP contribution is 2.31. The van der Waals surface area contributed by atoms with Crippen molar-refractivity contribution in [2.45, 2.75) is 25.3 Å². The van der Waals surface area contributed by atoms with Gasteiger partial charge in [-0.05, 0) is 25.3 Å². The number of carbonyl (C=O) groups is 2. The lowest BCUT2D eigenvalue weighted by Gasteiger charge is -2.14. The molecule has 2 rings (SSSR count). The monoisotopic (exact) mass is 273 g/mol. The molecule has 6 nitrogen and oxygen atoms in total. The molecule has 0 aromatic heterocycles. The van der Waals surface area contributed by atoms with E-state index in [2.05, 4.69) is 5.32 Å². The third kappa shape index (κ3) is 2.90. The van der Waals surface area contributed by atoms with Gasteiger partial charge in [0.25, 0.3) is 0 Å². The summed E-state index contributed by atoms with van der Waals surface area (Å²) < 4.78 is 22.3. The van der Waals surface area contributed by atoms with Gasteiger partial charge in [0, 0.05) is 11.3 Å². The quantitative estimate of drug-likeness (QED) is 0.748. The van der Waals surface area contributed by atoms with Gasteiger partial charge in [-0.25, -0.2) is 8.42 Å². The van der Waals surface area contributed by atoms with Crippen molar-refractivity contribution < 1.29 is 23.1 Å². The summed E-state index contributed by atoms with van der Waals surface area (Å²) in [5, 5.41) is 12.6. The van der Waals surface area contributed by atoms with Crippen LogP contribution in [-0.2, 0) is 19.4 Å². The third-order valence-corrected chi connectivity index (χ3v) is 4.81. The summed E-state index contributed by atoms with van der Waals surface area (Å²) in [6.07, 6.45) is 2.85. The van der Waals surface area contributed by atoms with Gasteiger partial charge >= 0.3 is 5.97 Å². The van der Waals surface area contributed by atoms with Crippen molar-refractivity contribution >= 4 is 21.7 Å². The van der Waals surface area contributed by atoms with Crippen molar-refractivity contribution in [3.63, 3.8) is 0 Å². The second-order valence-corrected chi connectivity index (χ2v) is 6.75. The minimum atomic E-state index is -3.18. The molecule has 0 radical (unpaired) electrons. The summed E-state index contributed by atoms with van der Waals surface area (Å²) in [4.78, 5) is 22.6. The summed E-state index contributed by atoms with van der Waals surface area (Å²) in [6.45, 7) is 0. The molecule has 0 aromatic carbocycles. The molecule has 18 heavy (non-hydrogen) atoms. The Morgan fingerprint density at radius 2 is 1.89 bits per heavy atom. The highest BCUT2D eigenvalue weighted by molar-refractivity contribution is 7.94. The van der Waals surface area contributed by atoms with Crippen molar-refractivity contribution in [2.75, 3.05) is 5.75 Å². The zero-order valence-corrected chi connectivity index (χ0v) is 10.5. The fourth-order valence-corrected chi connectivity index (χ4v) is 3.65. The molecule has 2 N–H and O–H groups in total. The van der Waals surface area contributed by atoms with Crippen molar-refractivity contribution in [1.29, 1.82) is 0 Å². The molecule has 2 aliphatic rings. The predicted molar refractivity (Wildman–Crippen MR) is 63.3 cm³/mol. The lowest BCUT2D eigenvalue weighted by Crippen LogP contribution is -2.39. The summed E-state index contributed by atoms with van der Waals surface area (Å²) in [7, 11) is -3.18. The molecule has 0 bridgehead atoms. The largest absolute Gasteiger partial charge is 0.481 e. The standard InChI is InChI=1S/C11H15NO5S/c13-10(7-1-2-8(5-7)11(14)15)12-9-3-4-18(16,17)6-9/h3-4,7-9H,1-2,5-6H2,(H,12,13)(H,14,15)/t7-,8+,9?/m1/s1. The molecule has 1 saturated carbocycles. The van der Waals surface area contributed by atoms with Crippen LogP contribution in [0.25, 0.3) is 0 Å². The van der Waals surface area contributed by atoms with Crippen LogP contribution in [0, 0.1) is 11.8 Å². The Balaban J connectivity index is 1.87. The number of carbonyl (C=O) groups excluding carboxylic acids is 1. The average molecular weight is 273 g/mol. The molecular weight excluding hydrogens is 258 g/mol. The lowest BCUT2D eigenvalue weighted by atomic mass is 10.0. The van der Waals surface area contributed by atoms with Gasteiger partial charge in [0.15, 0.2) is 9.84 Å². The number of hydrogen-bond acceptors (Lipinski definition) is 4. The Morgan fingerprint density at radius 1 is 1.22 bits per heavy atom. The van der Waals surface area contributed by atoms with Gasteiger partial charge in [0.2, 0.25) is 5.91 Å². The predicted octanol–water partition coefficient (Wildman–Crippen LogP) is -0.0858. The SMILES string of the molecule is O=C(O)[C@H]1CC[C@@H](C(=O)NC2C=CS(=O)(=O)C2)C1. The molecule has 1 aliphatic carbocycles. The maximum Gasteiger partial charge on any atom is 0.306 e. The van der Waals surface area contributed by atoms with E-state index in [1.165, 1.54) is 6.08 Å². The van der Waals surface area contributed by atoms with Gasteiger partial charge in [-0.3, -0.25) is 9.59 Å². The van der Waals surface area contributed by atoms with Gasteiger partial charge in [-0.2, -0.15) is 0 Å². The number of nitrogens with one attached hydrogen (secondary N) is 1. The van der Waals surface area contributed by atoms with E-state index in [1.54, 1.807) is 0 Å². The lowest BCUT2D eigenvalue weighted by molar-refractivity contribution is -0.141. The molecule has 1 fully saturated rings. The second kappa shape index (κ2) is 4.72. The summed E-state index contributed by atoms with van der Waals surface area (Å²) in [6, 6.07) is -0.480. The molecule has 3 atom stereocenters. The fourth-order valence-electron chi connectivity index (χ4n) is 2.41. The first-order valence-corrected chi connectivity index (χ1v) is 7.53. The maximum absolute atomic E-state index is 11.8. The molecular formula is C11H15NO5S. The normalized spacial score (nSPS) is 33.4. The van der Waals surface area contributed by atoms with Gasteiger partial charge in [0.1, 0.15) is 0 Å². The van der Waals surface area contributed by atoms with Crippen LogP contribution in [0.1, 0.15) is 19.3 Å². The van der Waals surface area contributed by atoms with Crippen molar-refractivity contribution in [1.82, 2.24) is 5.32 Å². The first-order chi connectivity index (χ1) is 8.37. The Hall–Kier alpha value is -1.37. The van der Waals surface area contributed by atoms with Crippen LogP contribution in [0.3, 0.4) is 0 Å². The van der Waals surface area contributed by atoms with Gasteiger partial charge in [-0.1, -0.05) is 0 Å². The van der Waals surface area contributed by atoms with Crippen molar-refractivity contribution in [2.24, 2.45) is 11.8 Å². The topological polar surface area (TPSA) is 101 Å². The smallest absolute Gasteiger partial charge is 0.306 e.